The summed E-state index contributed by atoms with van der Waals surface area (Å²) in [7, 11) is 1.70. The highest BCUT2D eigenvalue weighted by molar-refractivity contribution is 5.62. The maximum Gasteiger partial charge on any atom is 0.292 e. The quantitative estimate of drug-likeness (QED) is 0.665. The van der Waals surface area contributed by atoms with E-state index in [2.05, 4.69) is 29.0 Å². The molecule has 1 aromatic carbocycles. The molecule has 2 rings (SSSR count). The lowest BCUT2D eigenvalue weighted by atomic mass is 10.1. The highest BCUT2D eigenvalue weighted by Gasteiger charge is 2.23. The monoisotopic (exact) mass is 292 g/mol. The Bertz CT molecular complexity index is 506. The van der Waals surface area contributed by atoms with Crippen LogP contribution in [-0.2, 0) is 6.54 Å². The van der Waals surface area contributed by atoms with Crippen molar-refractivity contribution in [3.8, 4) is 0 Å². The summed E-state index contributed by atoms with van der Waals surface area (Å²) < 4.78 is 0. The second kappa shape index (κ2) is 6.87. The minimum absolute atomic E-state index is 0.148. The Morgan fingerprint density at radius 1 is 1.43 bits per heavy atom. The van der Waals surface area contributed by atoms with Gasteiger partial charge in [0.1, 0.15) is 5.69 Å². The van der Waals surface area contributed by atoms with Gasteiger partial charge in [-0.25, -0.2) is 0 Å². The largest absolute Gasteiger partial charge is 0.383 e. The molecular formula is C15H24N4O2. The van der Waals surface area contributed by atoms with Crippen LogP contribution in [0.3, 0.4) is 0 Å². The molecule has 0 radical (unpaired) electrons. The van der Waals surface area contributed by atoms with E-state index < -0.39 is 0 Å². The molecule has 1 aromatic rings. The number of benzene rings is 1. The van der Waals surface area contributed by atoms with Crippen LogP contribution in [0.25, 0.3) is 0 Å². The van der Waals surface area contributed by atoms with Gasteiger partial charge in [-0.15, -0.1) is 0 Å². The summed E-state index contributed by atoms with van der Waals surface area (Å²) in [5.41, 5.74) is 1.71. The fraction of sp³-hybridized carbons (Fsp3) is 0.600. The highest BCUT2D eigenvalue weighted by atomic mass is 16.6. The first-order valence-corrected chi connectivity index (χ1v) is 7.46. The van der Waals surface area contributed by atoms with Crippen LogP contribution in [0, 0.1) is 10.1 Å². The third-order valence-corrected chi connectivity index (χ3v) is 4.19. The minimum atomic E-state index is -0.326. The SMILES string of the molecule is CCN1CCN(Cc2ccc(NC)c([N+](=O)[O-])c2)CC1C. The molecule has 21 heavy (non-hydrogen) atoms. The van der Waals surface area contributed by atoms with Gasteiger partial charge in [-0.1, -0.05) is 13.0 Å². The van der Waals surface area contributed by atoms with Gasteiger partial charge in [-0.05, 0) is 25.1 Å². The van der Waals surface area contributed by atoms with E-state index in [-0.39, 0.29) is 10.6 Å². The third-order valence-electron chi connectivity index (χ3n) is 4.19. The van der Waals surface area contributed by atoms with Crippen molar-refractivity contribution in [2.45, 2.75) is 26.4 Å². The predicted molar refractivity (Wildman–Crippen MR) is 84.6 cm³/mol. The Labute approximate surface area is 125 Å². The minimum Gasteiger partial charge on any atom is -0.383 e. The van der Waals surface area contributed by atoms with Gasteiger partial charge in [0.2, 0.25) is 0 Å². The molecule has 1 aliphatic heterocycles. The summed E-state index contributed by atoms with van der Waals surface area (Å²) in [6.07, 6.45) is 0. The zero-order chi connectivity index (χ0) is 15.4. The maximum absolute atomic E-state index is 11.1. The molecular weight excluding hydrogens is 268 g/mol. The van der Waals surface area contributed by atoms with Crippen molar-refractivity contribution in [3.63, 3.8) is 0 Å². The molecule has 0 saturated carbocycles. The van der Waals surface area contributed by atoms with Crippen LogP contribution >= 0.6 is 0 Å². The first-order chi connectivity index (χ1) is 10.0. The van der Waals surface area contributed by atoms with Crippen LogP contribution in [0.5, 0.6) is 0 Å². The van der Waals surface area contributed by atoms with Crippen LogP contribution < -0.4 is 5.32 Å². The second-order valence-corrected chi connectivity index (χ2v) is 5.57. The number of hydrogen-bond donors (Lipinski definition) is 1. The number of nitrogens with zero attached hydrogens (tertiary/aromatic N) is 3. The number of nitro benzene ring substituents is 1. The summed E-state index contributed by atoms with van der Waals surface area (Å²) in [6.45, 7) is 9.36. The summed E-state index contributed by atoms with van der Waals surface area (Å²) in [4.78, 5) is 15.6. The fourth-order valence-electron chi connectivity index (χ4n) is 2.98. The molecule has 0 bridgehead atoms. The molecule has 1 atom stereocenters. The topological polar surface area (TPSA) is 61.6 Å². The van der Waals surface area contributed by atoms with Gasteiger partial charge >= 0.3 is 0 Å². The number of anilines is 1. The van der Waals surface area contributed by atoms with Crippen molar-refractivity contribution in [1.29, 1.82) is 0 Å². The van der Waals surface area contributed by atoms with Gasteiger partial charge in [0.25, 0.3) is 5.69 Å². The average Bonchev–Trinajstić information content (AvgIpc) is 2.47. The number of rotatable bonds is 5. The first kappa shape index (κ1) is 15.7. The molecule has 0 aromatic heterocycles. The van der Waals surface area contributed by atoms with E-state index in [1.54, 1.807) is 19.2 Å². The highest BCUT2D eigenvalue weighted by Crippen LogP contribution is 2.26. The Morgan fingerprint density at radius 2 is 2.19 bits per heavy atom. The molecule has 0 spiro atoms. The normalized spacial score (nSPS) is 20.4. The summed E-state index contributed by atoms with van der Waals surface area (Å²) in [6, 6.07) is 5.98. The van der Waals surface area contributed by atoms with Crippen LogP contribution in [0.1, 0.15) is 19.4 Å². The van der Waals surface area contributed by atoms with Crippen molar-refractivity contribution in [3.05, 3.63) is 33.9 Å². The van der Waals surface area contributed by atoms with E-state index >= 15 is 0 Å². The first-order valence-electron chi connectivity index (χ1n) is 7.46. The molecule has 0 amide bonds. The number of likely N-dealkylation sites (N-methyl/N-ethyl adjacent to an activating group) is 1. The molecule has 1 N–H and O–H groups in total. The van der Waals surface area contributed by atoms with E-state index in [0.717, 1.165) is 38.3 Å². The number of hydrogen-bond acceptors (Lipinski definition) is 5. The number of nitro groups is 1. The molecule has 1 aliphatic rings. The van der Waals surface area contributed by atoms with Crippen molar-refractivity contribution in [2.75, 3.05) is 38.5 Å². The van der Waals surface area contributed by atoms with Gasteiger partial charge in [0.05, 0.1) is 4.92 Å². The van der Waals surface area contributed by atoms with E-state index in [9.17, 15) is 10.1 Å². The lowest BCUT2D eigenvalue weighted by Crippen LogP contribution is -2.51. The van der Waals surface area contributed by atoms with Gasteiger partial charge in [-0.2, -0.15) is 0 Å². The Balaban J connectivity index is 2.07. The Kier molecular flexibility index (Phi) is 5.14. The standard InChI is InChI=1S/C15H24N4O2/c1-4-18-8-7-17(10-12(18)2)11-13-5-6-14(16-3)15(9-13)19(20)21/h5-6,9,12,16H,4,7-8,10-11H2,1-3H3. The van der Waals surface area contributed by atoms with Gasteiger partial charge in [0.15, 0.2) is 0 Å². The molecule has 6 heteroatoms. The van der Waals surface area contributed by atoms with Crippen LogP contribution in [0.4, 0.5) is 11.4 Å². The fourth-order valence-corrected chi connectivity index (χ4v) is 2.98. The lowest BCUT2D eigenvalue weighted by Gasteiger charge is -2.39. The van der Waals surface area contributed by atoms with Crippen molar-refractivity contribution >= 4 is 11.4 Å². The van der Waals surface area contributed by atoms with Crippen molar-refractivity contribution < 1.29 is 4.92 Å². The van der Waals surface area contributed by atoms with Gasteiger partial charge in [-0.3, -0.25) is 19.9 Å². The number of piperazine rings is 1. The maximum atomic E-state index is 11.1. The van der Waals surface area contributed by atoms with Crippen molar-refractivity contribution in [1.82, 2.24) is 9.80 Å². The van der Waals surface area contributed by atoms with Crippen LogP contribution in [0.2, 0.25) is 0 Å². The van der Waals surface area contributed by atoms with Crippen LogP contribution in [0.15, 0.2) is 18.2 Å². The Hall–Kier alpha value is -1.66. The summed E-state index contributed by atoms with van der Waals surface area (Å²) in [5, 5.41) is 14.0. The zero-order valence-corrected chi connectivity index (χ0v) is 13.0. The van der Waals surface area contributed by atoms with Crippen LogP contribution in [-0.4, -0.2) is 54.0 Å². The van der Waals surface area contributed by atoms with E-state index in [1.165, 1.54) is 0 Å². The second-order valence-electron chi connectivity index (χ2n) is 5.57. The van der Waals surface area contributed by atoms with E-state index in [0.29, 0.717) is 11.7 Å². The third kappa shape index (κ3) is 3.71. The van der Waals surface area contributed by atoms with Crippen molar-refractivity contribution in [2.24, 2.45) is 0 Å². The zero-order valence-electron chi connectivity index (χ0n) is 13.0. The molecule has 1 fully saturated rings. The lowest BCUT2D eigenvalue weighted by molar-refractivity contribution is -0.384. The molecule has 1 unspecified atom stereocenters. The van der Waals surface area contributed by atoms with Gasteiger partial charge < -0.3 is 5.32 Å². The molecule has 0 aliphatic carbocycles. The summed E-state index contributed by atoms with van der Waals surface area (Å²) in [5.74, 6) is 0. The smallest absolute Gasteiger partial charge is 0.292 e. The van der Waals surface area contributed by atoms with Gasteiger partial charge in [0, 0.05) is 45.3 Å². The predicted octanol–water partition coefficient (Wildman–Crippen LogP) is 2.16. The van der Waals surface area contributed by atoms with E-state index in [4.69, 9.17) is 0 Å². The molecule has 116 valence electrons. The molecule has 1 heterocycles. The summed E-state index contributed by atoms with van der Waals surface area (Å²) >= 11 is 0. The molecule has 6 nitrogen and oxygen atoms in total. The Morgan fingerprint density at radius 3 is 2.76 bits per heavy atom. The van der Waals surface area contributed by atoms with E-state index in [1.807, 2.05) is 6.07 Å². The molecule has 1 saturated heterocycles. The average molecular weight is 292 g/mol. The number of nitrogens with one attached hydrogen (secondary N) is 1.